The van der Waals surface area contributed by atoms with Crippen LogP contribution >= 0.6 is 0 Å². The van der Waals surface area contributed by atoms with Gasteiger partial charge in [0.15, 0.2) is 17.5 Å². The Kier molecular flexibility index (Phi) is 4.53. The minimum absolute atomic E-state index is 0.0582. The number of aryl methyl sites for hydroxylation is 1. The van der Waals surface area contributed by atoms with Gasteiger partial charge in [0.1, 0.15) is 23.8 Å². The molecule has 0 aliphatic rings. The molecule has 0 spiro atoms. The molecule has 2 heterocycles. The van der Waals surface area contributed by atoms with Crippen LogP contribution in [0.3, 0.4) is 0 Å². The van der Waals surface area contributed by atoms with E-state index in [4.69, 9.17) is 5.73 Å². The third kappa shape index (κ3) is 3.33. The molecule has 0 saturated heterocycles. The number of fused-ring (bicyclic) bond motifs is 1. The van der Waals surface area contributed by atoms with Crippen molar-refractivity contribution < 1.29 is 17.6 Å². The van der Waals surface area contributed by atoms with E-state index in [1.165, 1.54) is 16.7 Å². The second kappa shape index (κ2) is 7.04. The Morgan fingerprint density at radius 1 is 1.03 bits per heavy atom. The van der Waals surface area contributed by atoms with Crippen molar-refractivity contribution in [2.24, 2.45) is 0 Å². The smallest absolute Gasteiger partial charge is 0.239 e. The normalized spacial score (nSPS) is 11.2. The number of halogens is 4. The first kappa shape index (κ1) is 18.7. The van der Waals surface area contributed by atoms with Gasteiger partial charge in [0, 0.05) is 17.8 Å². The highest BCUT2D eigenvalue weighted by molar-refractivity contribution is 5.78. The van der Waals surface area contributed by atoms with Crippen molar-refractivity contribution in [2.75, 3.05) is 11.1 Å². The number of nitrogens with zero attached hydrogens (tertiary/aromatic N) is 4. The number of benzene rings is 2. The van der Waals surface area contributed by atoms with E-state index in [1.807, 2.05) is 0 Å². The Bertz CT molecular complexity index is 1220. The maximum atomic E-state index is 14.5. The first-order valence-corrected chi connectivity index (χ1v) is 8.46. The van der Waals surface area contributed by atoms with Crippen molar-refractivity contribution >= 4 is 28.4 Å². The average Bonchev–Trinajstić information content (AvgIpc) is 3.01. The molecule has 0 radical (unpaired) electrons. The SMILES string of the molecule is Cc1nc2cc(F)cc(F)c2n1-c1nc(N)c(F)c(Nc2ccc(CF)cc2)n1. The number of nitrogen functional groups attached to an aromatic ring is 1. The summed E-state index contributed by atoms with van der Waals surface area (Å²) >= 11 is 0. The molecule has 6 nitrogen and oxygen atoms in total. The molecule has 0 unspecified atom stereocenters. The summed E-state index contributed by atoms with van der Waals surface area (Å²) in [6.07, 6.45) is 0. The molecule has 0 atom stereocenters. The zero-order valence-corrected chi connectivity index (χ0v) is 15.0. The van der Waals surface area contributed by atoms with E-state index in [0.717, 1.165) is 6.07 Å². The van der Waals surface area contributed by atoms with E-state index >= 15 is 0 Å². The second-order valence-corrected chi connectivity index (χ2v) is 6.28. The van der Waals surface area contributed by atoms with Crippen LogP contribution in [-0.2, 0) is 6.67 Å². The number of anilines is 3. The van der Waals surface area contributed by atoms with Crippen LogP contribution in [0.5, 0.6) is 0 Å². The van der Waals surface area contributed by atoms with Gasteiger partial charge < -0.3 is 11.1 Å². The number of hydrogen-bond acceptors (Lipinski definition) is 5. The molecule has 148 valence electrons. The predicted octanol–water partition coefficient (Wildman–Crippen LogP) is 4.34. The lowest BCUT2D eigenvalue weighted by molar-refractivity contribution is 0.485. The molecule has 4 aromatic rings. The molecule has 4 rings (SSSR count). The Labute approximate surface area is 162 Å². The van der Waals surface area contributed by atoms with E-state index in [0.29, 0.717) is 17.3 Å². The average molecular weight is 402 g/mol. The minimum Gasteiger partial charge on any atom is -0.381 e. The third-order valence-corrected chi connectivity index (χ3v) is 4.27. The highest BCUT2D eigenvalue weighted by Crippen LogP contribution is 2.27. The number of nitrogens with one attached hydrogen (secondary N) is 1. The van der Waals surface area contributed by atoms with Gasteiger partial charge in [-0.3, -0.25) is 4.57 Å². The number of nitrogens with two attached hydrogens (primary N) is 1. The molecule has 3 N–H and O–H groups in total. The summed E-state index contributed by atoms with van der Waals surface area (Å²) in [4.78, 5) is 12.1. The lowest BCUT2D eigenvalue weighted by atomic mass is 10.2. The minimum atomic E-state index is -0.906. The van der Waals surface area contributed by atoms with Crippen LogP contribution in [-0.4, -0.2) is 19.5 Å². The zero-order chi connectivity index (χ0) is 20.7. The van der Waals surface area contributed by atoms with Crippen molar-refractivity contribution in [3.05, 3.63) is 65.2 Å². The van der Waals surface area contributed by atoms with E-state index in [9.17, 15) is 17.6 Å². The van der Waals surface area contributed by atoms with Gasteiger partial charge >= 0.3 is 0 Å². The highest BCUT2D eigenvalue weighted by Gasteiger charge is 2.20. The molecule has 0 fully saturated rings. The Morgan fingerprint density at radius 2 is 1.76 bits per heavy atom. The van der Waals surface area contributed by atoms with Crippen LogP contribution in [0.4, 0.5) is 34.9 Å². The van der Waals surface area contributed by atoms with Crippen molar-refractivity contribution in [2.45, 2.75) is 13.6 Å². The molecule has 0 amide bonds. The van der Waals surface area contributed by atoms with Crippen LogP contribution in [0, 0.1) is 24.4 Å². The van der Waals surface area contributed by atoms with Gasteiger partial charge in [0.2, 0.25) is 11.8 Å². The zero-order valence-electron chi connectivity index (χ0n) is 15.0. The van der Waals surface area contributed by atoms with Crippen molar-refractivity contribution in [3.8, 4) is 5.95 Å². The topological polar surface area (TPSA) is 81.7 Å². The fourth-order valence-electron chi connectivity index (χ4n) is 2.94. The summed E-state index contributed by atoms with van der Waals surface area (Å²) in [5.74, 6) is -3.17. The summed E-state index contributed by atoms with van der Waals surface area (Å²) in [6.45, 7) is 0.918. The monoisotopic (exact) mass is 402 g/mol. The van der Waals surface area contributed by atoms with Crippen molar-refractivity contribution in [1.82, 2.24) is 19.5 Å². The molecule has 0 saturated carbocycles. The van der Waals surface area contributed by atoms with E-state index in [-0.39, 0.29) is 28.6 Å². The number of imidazole rings is 1. The van der Waals surface area contributed by atoms with Crippen molar-refractivity contribution in [3.63, 3.8) is 0 Å². The van der Waals surface area contributed by atoms with Gasteiger partial charge in [-0.2, -0.15) is 14.4 Å². The van der Waals surface area contributed by atoms with E-state index in [2.05, 4.69) is 20.3 Å². The Hall–Kier alpha value is -3.69. The summed E-state index contributed by atoms with van der Waals surface area (Å²) in [7, 11) is 0. The fraction of sp³-hybridized carbons (Fsp3) is 0.105. The highest BCUT2D eigenvalue weighted by atomic mass is 19.1. The number of aromatic nitrogens is 4. The fourth-order valence-corrected chi connectivity index (χ4v) is 2.94. The standard InChI is InChI=1S/C19H14F4N6/c1-9-25-14-7-11(21)6-13(22)16(14)29(9)19-27-17(24)15(23)18(28-19)26-12-4-2-10(8-20)3-5-12/h2-7H,8H2,1H3,(H3,24,26,27,28). The van der Waals surface area contributed by atoms with Gasteiger partial charge in [-0.15, -0.1) is 0 Å². The summed E-state index contributed by atoms with van der Waals surface area (Å²) < 4.78 is 56.2. The molecule has 10 heteroatoms. The van der Waals surface area contributed by atoms with E-state index < -0.39 is 29.9 Å². The molecule has 0 aliphatic heterocycles. The second-order valence-electron chi connectivity index (χ2n) is 6.28. The summed E-state index contributed by atoms with van der Waals surface area (Å²) in [5.41, 5.74) is 6.57. The Balaban J connectivity index is 1.84. The maximum absolute atomic E-state index is 14.5. The quantitative estimate of drug-likeness (QED) is 0.497. The lowest BCUT2D eigenvalue weighted by Crippen LogP contribution is -2.11. The van der Waals surface area contributed by atoms with E-state index in [1.54, 1.807) is 19.1 Å². The summed E-state index contributed by atoms with van der Waals surface area (Å²) in [5, 5.41) is 2.74. The van der Waals surface area contributed by atoms with Crippen LogP contribution in [0.15, 0.2) is 36.4 Å². The Morgan fingerprint density at radius 3 is 2.45 bits per heavy atom. The van der Waals surface area contributed by atoms with Crippen LogP contribution in [0.25, 0.3) is 17.0 Å². The van der Waals surface area contributed by atoms with Gasteiger partial charge in [-0.25, -0.2) is 18.2 Å². The molecule has 0 bridgehead atoms. The third-order valence-electron chi connectivity index (χ3n) is 4.27. The summed E-state index contributed by atoms with van der Waals surface area (Å²) in [6, 6.07) is 7.93. The molecule has 2 aromatic heterocycles. The number of alkyl halides is 1. The lowest BCUT2D eigenvalue weighted by Gasteiger charge is -2.12. The van der Waals surface area contributed by atoms with Gasteiger partial charge in [-0.1, -0.05) is 12.1 Å². The largest absolute Gasteiger partial charge is 0.381 e. The number of hydrogen-bond donors (Lipinski definition) is 2. The van der Waals surface area contributed by atoms with Crippen LogP contribution < -0.4 is 11.1 Å². The first-order valence-electron chi connectivity index (χ1n) is 8.46. The molecule has 2 aromatic carbocycles. The molecule has 29 heavy (non-hydrogen) atoms. The van der Waals surface area contributed by atoms with Gasteiger partial charge in [0.25, 0.3) is 0 Å². The van der Waals surface area contributed by atoms with Gasteiger partial charge in [0.05, 0.1) is 5.52 Å². The maximum Gasteiger partial charge on any atom is 0.239 e. The molecule has 0 aliphatic carbocycles. The van der Waals surface area contributed by atoms with Crippen LogP contribution in [0.2, 0.25) is 0 Å². The molecular weight excluding hydrogens is 388 g/mol. The predicted molar refractivity (Wildman–Crippen MR) is 100 cm³/mol. The molecular formula is C19H14F4N6. The van der Waals surface area contributed by atoms with Crippen molar-refractivity contribution in [1.29, 1.82) is 0 Å². The first-order chi connectivity index (χ1) is 13.9. The van der Waals surface area contributed by atoms with Gasteiger partial charge in [-0.05, 0) is 24.6 Å². The number of rotatable bonds is 4. The van der Waals surface area contributed by atoms with Crippen LogP contribution in [0.1, 0.15) is 11.4 Å².